The van der Waals surface area contributed by atoms with Gasteiger partial charge in [0, 0.05) is 12.2 Å². The van der Waals surface area contributed by atoms with Gasteiger partial charge >= 0.3 is 11.9 Å². The van der Waals surface area contributed by atoms with Gasteiger partial charge in [0.2, 0.25) is 5.91 Å². The molecule has 0 aromatic carbocycles. The Labute approximate surface area is 109 Å². The van der Waals surface area contributed by atoms with Gasteiger partial charge < -0.3 is 15.5 Å². The van der Waals surface area contributed by atoms with Crippen molar-refractivity contribution < 1.29 is 24.6 Å². The van der Waals surface area contributed by atoms with Crippen LogP contribution in [0.2, 0.25) is 0 Å². The molecule has 0 aliphatic rings. The van der Waals surface area contributed by atoms with Gasteiger partial charge in [-0.25, -0.2) is 4.79 Å². The molecule has 2 atom stereocenters. The SMILES string of the molecule is O=C(CCC(NS)C(=O)O)NC(CS)C(=O)O. The maximum atomic E-state index is 11.3. The van der Waals surface area contributed by atoms with Gasteiger partial charge in [0.05, 0.1) is 0 Å². The first-order valence-corrected chi connectivity index (χ1v) is 5.75. The summed E-state index contributed by atoms with van der Waals surface area (Å²) in [6, 6.07) is -2.03. The average Bonchev–Trinajstić information content (AvgIpc) is 2.25. The molecule has 0 aromatic heterocycles. The Morgan fingerprint density at radius 2 is 1.65 bits per heavy atom. The third-order valence-corrected chi connectivity index (χ3v) is 2.61. The molecule has 7 nitrogen and oxygen atoms in total. The van der Waals surface area contributed by atoms with E-state index in [1.165, 1.54) is 0 Å². The van der Waals surface area contributed by atoms with E-state index in [9.17, 15) is 14.4 Å². The van der Waals surface area contributed by atoms with Crippen LogP contribution < -0.4 is 10.0 Å². The molecule has 2 unspecified atom stereocenters. The number of nitrogens with one attached hydrogen (secondary N) is 2. The Hall–Kier alpha value is -0.930. The first kappa shape index (κ1) is 16.1. The van der Waals surface area contributed by atoms with Crippen molar-refractivity contribution in [3.8, 4) is 0 Å². The summed E-state index contributed by atoms with van der Waals surface area (Å²) in [5, 5.41) is 19.5. The summed E-state index contributed by atoms with van der Waals surface area (Å²) in [6.45, 7) is 0. The second-order valence-corrected chi connectivity index (χ2v) is 3.82. The molecular formula is C8H14N2O5S2. The molecule has 0 heterocycles. The van der Waals surface area contributed by atoms with Crippen LogP contribution in [-0.4, -0.2) is 45.9 Å². The predicted molar refractivity (Wildman–Crippen MR) is 66.2 cm³/mol. The molecule has 4 N–H and O–H groups in total. The van der Waals surface area contributed by atoms with Crippen molar-refractivity contribution >= 4 is 43.3 Å². The van der Waals surface area contributed by atoms with Crippen LogP contribution in [0.4, 0.5) is 0 Å². The van der Waals surface area contributed by atoms with Crippen molar-refractivity contribution in [2.45, 2.75) is 24.9 Å². The molecule has 17 heavy (non-hydrogen) atoms. The lowest BCUT2D eigenvalue weighted by atomic mass is 10.1. The minimum atomic E-state index is -1.18. The van der Waals surface area contributed by atoms with E-state index in [1.807, 2.05) is 0 Å². The van der Waals surface area contributed by atoms with Gasteiger partial charge in [-0.1, -0.05) is 12.8 Å². The lowest BCUT2D eigenvalue weighted by Gasteiger charge is -2.13. The Balaban J connectivity index is 4.10. The maximum absolute atomic E-state index is 11.3. The van der Waals surface area contributed by atoms with E-state index in [2.05, 4.69) is 35.5 Å². The molecule has 0 bridgehead atoms. The van der Waals surface area contributed by atoms with Crippen LogP contribution in [0.5, 0.6) is 0 Å². The Morgan fingerprint density at radius 3 is 2.00 bits per heavy atom. The van der Waals surface area contributed by atoms with E-state index in [0.717, 1.165) is 0 Å². The molecule has 0 aromatic rings. The lowest BCUT2D eigenvalue weighted by Crippen LogP contribution is -2.42. The zero-order valence-corrected chi connectivity index (χ0v) is 10.6. The summed E-state index contributed by atoms with van der Waals surface area (Å²) in [4.78, 5) is 32.5. The number of hydrogen-bond acceptors (Lipinski definition) is 6. The molecule has 0 radical (unpaired) electrons. The van der Waals surface area contributed by atoms with Crippen LogP contribution in [0.3, 0.4) is 0 Å². The van der Waals surface area contributed by atoms with Gasteiger partial charge in [-0.2, -0.15) is 12.6 Å². The third kappa shape index (κ3) is 6.39. The molecule has 9 heteroatoms. The monoisotopic (exact) mass is 282 g/mol. The second-order valence-electron chi connectivity index (χ2n) is 3.20. The average molecular weight is 282 g/mol. The third-order valence-electron chi connectivity index (χ3n) is 1.93. The van der Waals surface area contributed by atoms with Crippen LogP contribution in [-0.2, 0) is 14.4 Å². The van der Waals surface area contributed by atoms with Gasteiger partial charge in [-0.3, -0.25) is 14.3 Å². The van der Waals surface area contributed by atoms with E-state index in [-0.39, 0.29) is 18.6 Å². The lowest BCUT2D eigenvalue weighted by molar-refractivity contribution is -0.142. The van der Waals surface area contributed by atoms with Crippen LogP contribution in [0.25, 0.3) is 0 Å². The number of carboxylic acid groups (broad SMARTS) is 2. The van der Waals surface area contributed by atoms with Crippen molar-refractivity contribution in [1.82, 2.24) is 10.0 Å². The topological polar surface area (TPSA) is 116 Å². The highest BCUT2D eigenvalue weighted by Gasteiger charge is 2.20. The van der Waals surface area contributed by atoms with E-state index in [0.29, 0.717) is 0 Å². The van der Waals surface area contributed by atoms with Crippen LogP contribution >= 0.6 is 25.4 Å². The van der Waals surface area contributed by atoms with Gasteiger partial charge in [-0.05, 0) is 6.42 Å². The molecule has 0 saturated heterocycles. The molecule has 0 spiro atoms. The van der Waals surface area contributed by atoms with E-state index in [4.69, 9.17) is 10.2 Å². The Bertz CT molecular complexity index is 300. The van der Waals surface area contributed by atoms with Gasteiger partial charge in [-0.15, -0.1) is 0 Å². The quantitative estimate of drug-likeness (QED) is 0.323. The van der Waals surface area contributed by atoms with Crippen molar-refractivity contribution in [3.05, 3.63) is 0 Å². The number of amides is 1. The molecule has 98 valence electrons. The molecule has 0 saturated carbocycles. The van der Waals surface area contributed by atoms with E-state index >= 15 is 0 Å². The minimum absolute atomic E-state index is 0.0174. The van der Waals surface area contributed by atoms with Gasteiger partial charge in [0.15, 0.2) is 0 Å². The van der Waals surface area contributed by atoms with Crippen molar-refractivity contribution in [2.75, 3.05) is 5.75 Å². The molecule has 0 aliphatic carbocycles. The zero-order chi connectivity index (χ0) is 13.4. The number of hydrogen-bond donors (Lipinski definition) is 6. The number of rotatable bonds is 8. The highest BCUT2D eigenvalue weighted by Crippen LogP contribution is 2.00. The largest absolute Gasteiger partial charge is 0.480 e. The highest BCUT2D eigenvalue weighted by atomic mass is 32.1. The summed E-state index contributed by atoms with van der Waals surface area (Å²) < 4.78 is 2.23. The van der Waals surface area contributed by atoms with Gasteiger partial charge in [0.25, 0.3) is 0 Å². The van der Waals surface area contributed by atoms with Crippen LogP contribution in [0.15, 0.2) is 0 Å². The molecule has 0 aliphatic heterocycles. The molecule has 1 amide bonds. The summed E-state index contributed by atoms with van der Waals surface area (Å²) >= 11 is 7.38. The van der Waals surface area contributed by atoms with Crippen LogP contribution in [0, 0.1) is 0 Å². The summed E-state index contributed by atoms with van der Waals surface area (Å²) in [6.07, 6.45) is -0.0916. The Kier molecular flexibility index (Phi) is 7.75. The smallest absolute Gasteiger partial charge is 0.327 e. The molecule has 0 rings (SSSR count). The summed E-state index contributed by atoms with van der Waals surface area (Å²) in [5.41, 5.74) is 0. The number of carboxylic acids is 2. The fourth-order valence-electron chi connectivity index (χ4n) is 0.971. The first-order valence-electron chi connectivity index (χ1n) is 4.67. The number of aliphatic carboxylic acids is 2. The highest BCUT2D eigenvalue weighted by molar-refractivity contribution is 7.80. The molecular weight excluding hydrogens is 268 g/mol. The predicted octanol–water partition coefficient (Wildman–Crippen LogP) is -0.847. The fraction of sp³-hybridized carbons (Fsp3) is 0.625. The summed E-state index contributed by atoms with van der Waals surface area (Å²) in [5.74, 6) is -2.89. The van der Waals surface area contributed by atoms with E-state index < -0.39 is 29.9 Å². The minimum Gasteiger partial charge on any atom is -0.480 e. The summed E-state index contributed by atoms with van der Waals surface area (Å²) in [7, 11) is 0. The Morgan fingerprint density at radius 1 is 1.12 bits per heavy atom. The first-order chi connectivity index (χ1) is 7.92. The number of thiol groups is 2. The van der Waals surface area contributed by atoms with E-state index in [1.54, 1.807) is 0 Å². The van der Waals surface area contributed by atoms with Crippen molar-refractivity contribution in [1.29, 1.82) is 0 Å². The number of carbonyl (C=O) groups excluding carboxylic acids is 1. The number of carbonyl (C=O) groups is 3. The zero-order valence-electron chi connectivity index (χ0n) is 8.79. The van der Waals surface area contributed by atoms with Crippen molar-refractivity contribution in [3.63, 3.8) is 0 Å². The van der Waals surface area contributed by atoms with Crippen molar-refractivity contribution in [2.24, 2.45) is 0 Å². The van der Waals surface area contributed by atoms with Gasteiger partial charge in [0.1, 0.15) is 12.1 Å². The van der Waals surface area contributed by atoms with Crippen LogP contribution in [0.1, 0.15) is 12.8 Å². The fourth-order valence-corrected chi connectivity index (χ4v) is 1.46. The molecule has 0 fully saturated rings. The normalized spacial score (nSPS) is 13.8. The second kappa shape index (κ2) is 8.20. The standard InChI is InChI=1S/C8H14N2O5S2/c11-6(9-5(3-16)8(14)15)2-1-4(10-17)7(12)13/h4-5,10,16-17H,1-3H2,(H,9,11)(H,12,13)(H,14,15). The maximum Gasteiger partial charge on any atom is 0.327 e.